The smallest absolute Gasteiger partial charge is 0.162 e. The van der Waals surface area contributed by atoms with Crippen LogP contribution in [0, 0.1) is 0 Å². The summed E-state index contributed by atoms with van der Waals surface area (Å²) in [5, 5.41) is 0.656. The Bertz CT molecular complexity index is 663. The third kappa shape index (κ3) is 3.03. The van der Waals surface area contributed by atoms with Crippen molar-refractivity contribution in [1.29, 1.82) is 0 Å². The molecule has 1 aliphatic rings. The van der Waals surface area contributed by atoms with E-state index in [1.165, 1.54) is 0 Å². The summed E-state index contributed by atoms with van der Waals surface area (Å²) in [6.07, 6.45) is 0.873. The van der Waals surface area contributed by atoms with Gasteiger partial charge in [-0.15, -0.1) is 0 Å². The number of hydrogen-bond donors (Lipinski definition) is 1. The Morgan fingerprint density at radius 2 is 1.71 bits per heavy atom. The largest absolute Gasteiger partial charge is 0.490 e. The van der Waals surface area contributed by atoms with Gasteiger partial charge in [0.25, 0.3) is 0 Å². The molecule has 0 aliphatic carbocycles. The summed E-state index contributed by atoms with van der Waals surface area (Å²) in [6.45, 7) is 1.31. The summed E-state index contributed by atoms with van der Waals surface area (Å²) in [7, 11) is 0. The topological polar surface area (TPSA) is 44.5 Å². The van der Waals surface area contributed by atoms with Gasteiger partial charge < -0.3 is 15.2 Å². The van der Waals surface area contributed by atoms with E-state index in [0.717, 1.165) is 33.5 Å². The SMILES string of the molecule is NC(c1ccccc1Cl)c1cc2c(cc1Br)OCCCO2. The van der Waals surface area contributed by atoms with Crippen LogP contribution in [0.15, 0.2) is 40.9 Å². The second kappa shape index (κ2) is 6.26. The predicted octanol–water partition coefficient (Wildman–Crippen LogP) is 4.31. The zero-order chi connectivity index (χ0) is 14.8. The lowest BCUT2D eigenvalue weighted by Gasteiger charge is -2.18. The summed E-state index contributed by atoms with van der Waals surface area (Å²) in [4.78, 5) is 0. The van der Waals surface area contributed by atoms with Crippen LogP contribution in [0.5, 0.6) is 11.5 Å². The molecule has 1 atom stereocenters. The summed E-state index contributed by atoms with van der Waals surface area (Å²) >= 11 is 9.80. The lowest BCUT2D eigenvalue weighted by atomic mass is 9.99. The van der Waals surface area contributed by atoms with Crippen LogP contribution in [0.3, 0.4) is 0 Å². The molecule has 2 aromatic carbocycles. The van der Waals surface area contributed by atoms with Gasteiger partial charge in [-0.1, -0.05) is 45.7 Å². The fraction of sp³-hybridized carbons (Fsp3) is 0.250. The van der Waals surface area contributed by atoms with E-state index >= 15 is 0 Å². The van der Waals surface area contributed by atoms with Crippen molar-refractivity contribution in [3.05, 3.63) is 57.0 Å². The second-order valence-corrected chi connectivity index (χ2v) is 6.13. The number of ether oxygens (including phenoxy) is 2. The molecule has 3 rings (SSSR count). The number of halogens is 2. The van der Waals surface area contributed by atoms with Gasteiger partial charge in [-0.05, 0) is 29.3 Å². The van der Waals surface area contributed by atoms with Gasteiger partial charge in [0, 0.05) is 15.9 Å². The number of hydrogen-bond acceptors (Lipinski definition) is 3. The maximum absolute atomic E-state index is 6.38. The zero-order valence-electron chi connectivity index (χ0n) is 11.3. The van der Waals surface area contributed by atoms with Crippen molar-refractivity contribution in [3.63, 3.8) is 0 Å². The van der Waals surface area contributed by atoms with Crippen molar-refractivity contribution in [2.75, 3.05) is 13.2 Å². The minimum absolute atomic E-state index is 0.328. The van der Waals surface area contributed by atoms with E-state index < -0.39 is 0 Å². The van der Waals surface area contributed by atoms with Crippen LogP contribution in [-0.2, 0) is 0 Å². The minimum Gasteiger partial charge on any atom is -0.490 e. The molecule has 3 nitrogen and oxygen atoms in total. The van der Waals surface area contributed by atoms with Crippen molar-refractivity contribution in [1.82, 2.24) is 0 Å². The third-order valence-electron chi connectivity index (χ3n) is 3.44. The highest BCUT2D eigenvalue weighted by Crippen LogP contribution is 2.39. The highest BCUT2D eigenvalue weighted by atomic mass is 79.9. The van der Waals surface area contributed by atoms with Crippen molar-refractivity contribution >= 4 is 27.5 Å². The Balaban J connectivity index is 2.02. The van der Waals surface area contributed by atoms with E-state index in [1.54, 1.807) is 0 Å². The molecule has 2 aromatic rings. The molecule has 1 aliphatic heterocycles. The van der Waals surface area contributed by atoms with E-state index in [2.05, 4.69) is 15.9 Å². The van der Waals surface area contributed by atoms with E-state index in [0.29, 0.717) is 18.2 Å². The summed E-state index contributed by atoms with van der Waals surface area (Å²) < 4.78 is 12.3. The highest BCUT2D eigenvalue weighted by Gasteiger charge is 2.20. The molecule has 0 fully saturated rings. The van der Waals surface area contributed by atoms with Crippen molar-refractivity contribution in [3.8, 4) is 11.5 Å². The summed E-state index contributed by atoms with van der Waals surface area (Å²) in [5.74, 6) is 1.47. The molecule has 1 heterocycles. The van der Waals surface area contributed by atoms with Gasteiger partial charge in [0.15, 0.2) is 11.5 Å². The molecular weight excluding hydrogens is 354 g/mol. The van der Waals surface area contributed by atoms with Gasteiger partial charge in [0.05, 0.1) is 19.3 Å². The van der Waals surface area contributed by atoms with Crippen molar-refractivity contribution in [2.45, 2.75) is 12.5 Å². The van der Waals surface area contributed by atoms with Crippen LogP contribution in [0.2, 0.25) is 5.02 Å². The number of benzene rings is 2. The molecule has 0 radical (unpaired) electrons. The Morgan fingerprint density at radius 1 is 1.05 bits per heavy atom. The number of nitrogens with two attached hydrogens (primary N) is 1. The molecule has 0 saturated carbocycles. The van der Waals surface area contributed by atoms with Gasteiger partial charge >= 0.3 is 0 Å². The van der Waals surface area contributed by atoms with Crippen LogP contribution in [0.25, 0.3) is 0 Å². The lowest BCUT2D eigenvalue weighted by Crippen LogP contribution is -2.13. The molecule has 2 N–H and O–H groups in total. The van der Waals surface area contributed by atoms with Gasteiger partial charge in [0.1, 0.15) is 0 Å². The van der Waals surface area contributed by atoms with E-state index in [9.17, 15) is 0 Å². The normalized spacial score (nSPS) is 15.4. The molecule has 5 heteroatoms. The average Bonchev–Trinajstić information content (AvgIpc) is 2.71. The quantitative estimate of drug-likeness (QED) is 0.859. The lowest BCUT2D eigenvalue weighted by molar-refractivity contribution is 0.297. The first kappa shape index (κ1) is 14.7. The standard InChI is InChI=1S/C16H15BrClNO2/c17-12-9-15-14(20-6-3-7-21-15)8-11(12)16(19)10-4-1-2-5-13(10)18/h1-2,4-5,8-9,16H,3,6-7,19H2. The average molecular weight is 369 g/mol. The third-order valence-corrected chi connectivity index (χ3v) is 4.47. The van der Waals surface area contributed by atoms with Crippen LogP contribution < -0.4 is 15.2 Å². The first-order valence-corrected chi connectivity index (χ1v) is 7.93. The van der Waals surface area contributed by atoms with Gasteiger partial charge in [0.2, 0.25) is 0 Å². The van der Waals surface area contributed by atoms with Gasteiger partial charge in [-0.25, -0.2) is 0 Å². The molecule has 0 spiro atoms. The maximum Gasteiger partial charge on any atom is 0.162 e. The molecule has 1 unspecified atom stereocenters. The monoisotopic (exact) mass is 367 g/mol. The van der Waals surface area contributed by atoms with E-state index in [-0.39, 0.29) is 6.04 Å². The van der Waals surface area contributed by atoms with Gasteiger partial charge in [-0.2, -0.15) is 0 Å². The highest BCUT2D eigenvalue weighted by molar-refractivity contribution is 9.10. The Kier molecular flexibility index (Phi) is 4.38. The van der Waals surface area contributed by atoms with Crippen molar-refractivity contribution in [2.24, 2.45) is 5.73 Å². The molecule has 21 heavy (non-hydrogen) atoms. The maximum atomic E-state index is 6.38. The van der Waals surface area contributed by atoms with Crippen LogP contribution >= 0.6 is 27.5 Å². The van der Waals surface area contributed by atoms with Crippen LogP contribution in [0.1, 0.15) is 23.6 Å². The summed E-state index contributed by atoms with van der Waals surface area (Å²) in [5.41, 5.74) is 8.19. The van der Waals surface area contributed by atoms with Crippen LogP contribution in [-0.4, -0.2) is 13.2 Å². The fourth-order valence-corrected chi connectivity index (χ4v) is 3.16. The zero-order valence-corrected chi connectivity index (χ0v) is 13.7. The second-order valence-electron chi connectivity index (χ2n) is 4.87. The fourth-order valence-electron chi connectivity index (χ4n) is 2.33. The first-order valence-electron chi connectivity index (χ1n) is 6.76. The van der Waals surface area contributed by atoms with Crippen molar-refractivity contribution < 1.29 is 9.47 Å². The Morgan fingerprint density at radius 3 is 2.43 bits per heavy atom. The molecule has 110 valence electrons. The number of fused-ring (bicyclic) bond motifs is 1. The minimum atomic E-state index is -0.328. The Labute approximate surface area is 137 Å². The van der Waals surface area contributed by atoms with E-state index in [4.69, 9.17) is 26.8 Å². The molecular formula is C16H15BrClNO2. The van der Waals surface area contributed by atoms with E-state index in [1.807, 2.05) is 36.4 Å². The molecule has 0 bridgehead atoms. The molecule has 0 amide bonds. The Hall–Kier alpha value is -1.23. The van der Waals surface area contributed by atoms with Crippen LogP contribution in [0.4, 0.5) is 0 Å². The first-order chi connectivity index (χ1) is 10.2. The summed E-state index contributed by atoms with van der Waals surface area (Å²) in [6, 6.07) is 11.1. The number of rotatable bonds is 2. The molecule has 0 aromatic heterocycles. The predicted molar refractivity (Wildman–Crippen MR) is 87.2 cm³/mol. The van der Waals surface area contributed by atoms with Gasteiger partial charge in [-0.3, -0.25) is 0 Å². The molecule has 0 saturated heterocycles.